The first-order valence-electron chi connectivity index (χ1n) is 7.08. The standard InChI is InChI=1S/C16H23N/c1-3-17-16(12-6-4-11(2)5-7-12)15-9-13-8-14(13)10-15/h4-7,13-17H,3,8-10H2,1-2H3. The molecule has 0 amide bonds. The summed E-state index contributed by atoms with van der Waals surface area (Å²) in [6, 6.07) is 9.71. The number of benzene rings is 1. The molecule has 2 fully saturated rings. The van der Waals surface area contributed by atoms with Crippen molar-refractivity contribution in [2.24, 2.45) is 17.8 Å². The highest BCUT2D eigenvalue weighted by atomic mass is 14.9. The van der Waals surface area contributed by atoms with Gasteiger partial charge in [-0.15, -0.1) is 0 Å². The summed E-state index contributed by atoms with van der Waals surface area (Å²) in [5, 5.41) is 3.70. The molecule has 0 bridgehead atoms. The highest BCUT2D eigenvalue weighted by Crippen LogP contribution is 2.57. The Labute approximate surface area is 105 Å². The van der Waals surface area contributed by atoms with Crippen molar-refractivity contribution in [1.29, 1.82) is 0 Å². The van der Waals surface area contributed by atoms with Gasteiger partial charge < -0.3 is 5.32 Å². The van der Waals surface area contributed by atoms with Crippen molar-refractivity contribution >= 4 is 0 Å². The third kappa shape index (κ3) is 2.26. The van der Waals surface area contributed by atoms with Crippen LogP contribution in [0.4, 0.5) is 0 Å². The largest absolute Gasteiger partial charge is 0.310 e. The predicted octanol–water partition coefficient (Wildman–Crippen LogP) is 3.69. The van der Waals surface area contributed by atoms with Gasteiger partial charge in [-0.25, -0.2) is 0 Å². The SMILES string of the molecule is CCNC(c1ccc(C)cc1)C1CC2CC2C1. The van der Waals surface area contributed by atoms with Crippen LogP contribution in [0.15, 0.2) is 24.3 Å². The van der Waals surface area contributed by atoms with Gasteiger partial charge in [0.25, 0.3) is 0 Å². The second-order valence-corrected chi connectivity index (χ2v) is 5.93. The molecule has 3 rings (SSSR count). The number of fused-ring (bicyclic) bond motifs is 1. The third-order valence-electron chi connectivity index (χ3n) is 4.61. The minimum atomic E-state index is 0.591. The molecule has 0 aromatic heterocycles. The zero-order chi connectivity index (χ0) is 11.8. The minimum absolute atomic E-state index is 0.591. The van der Waals surface area contributed by atoms with Crippen molar-refractivity contribution in [2.45, 2.75) is 39.2 Å². The summed E-state index contributed by atoms with van der Waals surface area (Å²) in [4.78, 5) is 0. The molecule has 1 aromatic rings. The van der Waals surface area contributed by atoms with Gasteiger partial charge in [0.2, 0.25) is 0 Å². The fraction of sp³-hybridized carbons (Fsp3) is 0.625. The smallest absolute Gasteiger partial charge is 0.0348 e. The summed E-state index contributed by atoms with van der Waals surface area (Å²) in [7, 11) is 0. The Bertz CT molecular complexity index is 371. The average molecular weight is 229 g/mol. The van der Waals surface area contributed by atoms with E-state index in [1.807, 2.05) is 0 Å². The van der Waals surface area contributed by atoms with Gasteiger partial charge in [-0.2, -0.15) is 0 Å². The molecule has 0 aliphatic heterocycles. The monoisotopic (exact) mass is 229 g/mol. The van der Waals surface area contributed by atoms with E-state index in [1.54, 1.807) is 0 Å². The molecule has 0 radical (unpaired) electrons. The van der Waals surface area contributed by atoms with Crippen molar-refractivity contribution in [3.63, 3.8) is 0 Å². The Morgan fingerprint density at radius 3 is 2.35 bits per heavy atom. The van der Waals surface area contributed by atoms with Crippen LogP contribution in [0.5, 0.6) is 0 Å². The van der Waals surface area contributed by atoms with E-state index in [0.717, 1.165) is 24.3 Å². The van der Waals surface area contributed by atoms with E-state index < -0.39 is 0 Å². The molecule has 1 heteroatoms. The van der Waals surface area contributed by atoms with Crippen molar-refractivity contribution in [3.8, 4) is 0 Å². The molecule has 0 spiro atoms. The molecular formula is C16H23N. The van der Waals surface area contributed by atoms with E-state index >= 15 is 0 Å². The molecule has 2 aliphatic rings. The summed E-state index contributed by atoms with van der Waals surface area (Å²) in [5.74, 6) is 3.03. The molecule has 2 aliphatic carbocycles. The quantitative estimate of drug-likeness (QED) is 0.830. The van der Waals surface area contributed by atoms with Crippen LogP contribution in [0.3, 0.4) is 0 Å². The molecule has 2 saturated carbocycles. The topological polar surface area (TPSA) is 12.0 Å². The van der Waals surface area contributed by atoms with Crippen LogP contribution in [-0.2, 0) is 0 Å². The highest BCUT2D eigenvalue weighted by molar-refractivity contribution is 5.25. The van der Waals surface area contributed by atoms with Crippen molar-refractivity contribution in [3.05, 3.63) is 35.4 Å². The zero-order valence-corrected chi connectivity index (χ0v) is 10.9. The molecule has 0 saturated heterocycles. The maximum Gasteiger partial charge on any atom is 0.0348 e. The van der Waals surface area contributed by atoms with Crippen LogP contribution >= 0.6 is 0 Å². The summed E-state index contributed by atoms with van der Waals surface area (Å²) >= 11 is 0. The van der Waals surface area contributed by atoms with Crippen LogP contribution in [0.1, 0.15) is 43.4 Å². The third-order valence-corrected chi connectivity index (χ3v) is 4.61. The van der Waals surface area contributed by atoms with Gasteiger partial charge in [0.05, 0.1) is 0 Å². The lowest BCUT2D eigenvalue weighted by molar-refractivity contribution is 0.346. The molecular weight excluding hydrogens is 206 g/mol. The minimum Gasteiger partial charge on any atom is -0.310 e. The first-order valence-corrected chi connectivity index (χ1v) is 7.08. The molecule has 3 atom stereocenters. The Morgan fingerprint density at radius 2 is 1.76 bits per heavy atom. The first-order chi connectivity index (χ1) is 8.28. The van der Waals surface area contributed by atoms with Gasteiger partial charge in [-0.1, -0.05) is 36.8 Å². The number of aryl methyl sites for hydroxylation is 1. The Balaban J connectivity index is 1.76. The summed E-state index contributed by atoms with van der Waals surface area (Å²) in [6.45, 7) is 5.46. The van der Waals surface area contributed by atoms with E-state index in [2.05, 4.69) is 43.4 Å². The summed E-state index contributed by atoms with van der Waals surface area (Å²) in [5.41, 5.74) is 2.85. The normalized spacial score (nSPS) is 32.2. The van der Waals surface area contributed by atoms with Crippen molar-refractivity contribution in [1.82, 2.24) is 5.32 Å². The molecule has 17 heavy (non-hydrogen) atoms. The molecule has 1 aromatic carbocycles. The first kappa shape index (κ1) is 11.3. The lowest BCUT2D eigenvalue weighted by atomic mass is 9.89. The predicted molar refractivity (Wildman–Crippen MR) is 71.9 cm³/mol. The van der Waals surface area contributed by atoms with Crippen LogP contribution in [-0.4, -0.2) is 6.54 Å². The van der Waals surface area contributed by atoms with E-state index in [4.69, 9.17) is 0 Å². The fourth-order valence-corrected chi connectivity index (χ4v) is 3.58. The van der Waals surface area contributed by atoms with E-state index in [9.17, 15) is 0 Å². The van der Waals surface area contributed by atoms with Crippen LogP contribution in [0, 0.1) is 24.7 Å². The molecule has 0 heterocycles. The maximum absolute atomic E-state index is 3.70. The summed E-state index contributed by atoms with van der Waals surface area (Å²) in [6.07, 6.45) is 4.43. The van der Waals surface area contributed by atoms with Crippen molar-refractivity contribution < 1.29 is 0 Å². The number of rotatable bonds is 4. The van der Waals surface area contributed by atoms with E-state index in [-0.39, 0.29) is 0 Å². The number of nitrogens with one attached hydrogen (secondary N) is 1. The van der Waals surface area contributed by atoms with Crippen molar-refractivity contribution in [2.75, 3.05) is 6.54 Å². The van der Waals surface area contributed by atoms with Gasteiger partial charge >= 0.3 is 0 Å². The van der Waals surface area contributed by atoms with Gasteiger partial charge in [-0.05, 0) is 56.0 Å². The van der Waals surface area contributed by atoms with E-state index in [1.165, 1.54) is 30.4 Å². The van der Waals surface area contributed by atoms with E-state index in [0.29, 0.717) is 6.04 Å². The zero-order valence-electron chi connectivity index (χ0n) is 10.9. The van der Waals surface area contributed by atoms with Crippen LogP contribution in [0.25, 0.3) is 0 Å². The lowest BCUT2D eigenvalue weighted by Crippen LogP contribution is -2.27. The van der Waals surface area contributed by atoms with Gasteiger partial charge in [0.15, 0.2) is 0 Å². The second-order valence-electron chi connectivity index (χ2n) is 5.93. The fourth-order valence-electron chi connectivity index (χ4n) is 3.58. The Hall–Kier alpha value is -0.820. The van der Waals surface area contributed by atoms with Crippen LogP contribution < -0.4 is 5.32 Å². The molecule has 92 valence electrons. The summed E-state index contributed by atoms with van der Waals surface area (Å²) < 4.78 is 0. The Kier molecular flexibility index (Phi) is 2.96. The molecule has 3 unspecified atom stereocenters. The molecule has 1 nitrogen and oxygen atoms in total. The van der Waals surface area contributed by atoms with Gasteiger partial charge in [0.1, 0.15) is 0 Å². The number of hydrogen-bond donors (Lipinski definition) is 1. The molecule has 1 N–H and O–H groups in total. The highest BCUT2D eigenvalue weighted by Gasteiger charge is 2.47. The van der Waals surface area contributed by atoms with Gasteiger partial charge in [0, 0.05) is 6.04 Å². The Morgan fingerprint density at radius 1 is 1.12 bits per heavy atom. The van der Waals surface area contributed by atoms with Crippen LogP contribution in [0.2, 0.25) is 0 Å². The lowest BCUT2D eigenvalue weighted by Gasteiger charge is -2.26. The number of hydrogen-bond acceptors (Lipinski definition) is 1. The average Bonchev–Trinajstić information content (AvgIpc) is 2.95. The second kappa shape index (κ2) is 4.45. The van der Waals surface area contributed by atoms with Gasteiger partial charge in [-0.3, -0.25) is 0 Å². The maximum atomic E-state index is 3.70.